The van der Waals surface area contributed by atoms with Gasteiger partial charge in [-0.1, -0.05) is 37.4 Å². The number of pyridine rings is 1. The van der Waals surface area contributed by atoms with E-state index in [-0.39, 0.29) is 29.5 Å². The third kappa shape index (κ3) is 3.91. The average Bonchev–Trinajstić information content (AvgIpc) is 2.84. The Kier molecular flexibility index (Phi) is 5.76. The van der Waals surface area contributed by atoms with Crippen LogP contribution in [0.25, 0.3) is 0 Å². The van der Waals surface area contributed by atoms with Crippen LogP contribution in [0.3, 0.4) is 0 Å². The van der Waals surface area contributed by atoms with Gasteiger partial charge in [-0.2, -0.15) is 0 Å². The molecule has 1 aliphatic carbocycles. The highest BCUT2D eigenvalue weighted by Gasteiger charge is 2.35. The van der Waals surface area contributed by atoms with Gasteiger partial charge in [0, 0.05) is 25.2 Å². The van der Waals surface area contributed by atoms with Crippen LogP contribution in [0.1, 0.15) is 51.9 Å². The molecule has 5 nitrogen and oxygen atoms in total. The second-order valence-corrected chi connectivity index (χ2v) is 7.67. The summed E-state index contributed by atoms with van der Waals surface area (Å²) in [6.07, 6.45) is 8.97. The fraction of sp³-hybridized carbons (Fsp3) is 0.611. The molecular weight excluding hydrogens is 322 g/mol. The minimum Gasteiger partial charge on any atom is -0.353 e. The highest BCUT2D eigenvalue weighted by molar-refractivity contribution is 8.00. The molecule has 1 aromatic heterocycles. The Morgan fingerprint density at radius 1 is 1.33 bits per heavy atom. The summed E-state index contributed by atoms with van der Waals surface area (Å²) in [6.45, 7) is 2.55. The molecule has 2 amide bonds. The summed E-state index contributed by atoms with van der Waals surface area (Å²) in [5.41, 5.74) is 0.857. The number of amides is 2. The number of fused-ring (bicyclic) bond motifs is 1. The molecule has 1 saturated carbocycles. The lowest BCUT2D eigenvalue weighted by Crippen LogP contribution is -2.44. The minimum atomic E-state index is -0.377. The van der Waals surface area contributed by atoms with Crippen LogP contribution in [0.15, 0.2) is 23.4 Å². The highest BCUT2D eigenvalue weighted by atomic mass is 32.2. The number of hydrogen-bond acceptors (Lipinski definition) is 4. The summed E-state index contributed by atoms with van der Waals surface area (Å²) in [7, 11) is 0. The fourth-order valence-corrected chi connectivity index (χ4v) is 4.64. The lowest BCUT2D eigenvalue weighted by atomic mass is 10.1. The third-order valence-electron chi connectivity index (χ3n) is 4.74. The second kappa shape index (κ2) is 8.01. The topological polar surface area (TPSA) is 62.3 Å². The molecule has 6 heteroatoms. The van der Waals surface area contributed by atoms with Crippen molar-refractivity contribution in [3.05, 3.63) is 18.3 Å². The molecule has 3 rings (SSSR count). The van der Waals surface area contributed by atoms with Crippen LogP contribution < -0.4 is 10.2 Å². The summed E-state index contributed by atoms with van der Waals surface area (Å²) in [4.78, 5) is 31.2. The van der Waals surface area contributed by atoms with Gasteiger partial charge in [0.1, 0.15) is 5.03 Å². The molecule has 0 aromatic carbocycles. The monoisotopic (exact) mass is 347 g/mol. The number of nitrogens with one attached hydrogen (secondary N) is 1. The van der Waals surface area contributed by atoms with Crippen molar-refractivity contribution in [1.29, 1.82) is 0 Å². The van der Waals surface area contributed by atoms with Gasteiger partial charge in [0.25, 0.3) is 0 Å². The van der Waals surface area contributed by atoms with E-state index in [1.54, 1.807) is 11.1 Å². The predicted octanol–water partition coefficient (Wildman–Crippen LogP) is 3.14. The van der Waals surface area contributed by atoms with Crippen molar-refractivity contribution in [3.63, 3.8) is 0 Å². The largest absolute Gasteiger partial charge is 0.353 e. The Labute approximate surface area is 147 Å². The van der Waals surface area contributed by atoms with Crippen LogP contribution >= 0.6 is 11.8 Å². The zero-order valence-corrected chi connectivity index (χ0v) is 15.0. The van der Waals surface area contributed by atoms with Gasteiger partial charge in [-0.15, -0.1) is 0 Å². The van der Waals surface area contributed by atoms with Crippen LogP contribution in [-0.2, 0) is 9.59 Å². The maximum absolute atomic E-state index is 12.7. The molecule has 1 aliphatic heterocycles. The van der Waals surface area contributed by atoms with E-state index >= 15 is 0 Å². The number of nitrogens with zero attached hydrogens (tertiary/aromatic N) is 2. The van der Waals surface area contributed by atoms with Crippen molar-refractivity contribution < 1.29 is 9.59 Å². The molecule has 130 valence electrons. The van der Waals surface area contributed by atoms with Crippen LogP contribution in [0.5, 0.6) is 0 Å². The zero-order chi connectivity index (χ0) is 16.9. The summed E-state index contributed by atoms with van der Waals surface area (Å²) < 4.78 is 0. The molecule has 0 radical (unpaired) electrons. The molecule has 24 heavy (non-hydrogen) atoms. The Morgan fingerprint density at radius 2 is 2.08 bits per heavy atom. The first-order valence-electron chi connectivity index (χ1n) is 8.91. The third-order valence-corrected chi connectivity index (χ3v) is 5.94. The van der Waals surface area contributed by atoms with Gasteiger partial charge < -0.3 is 10.2 Å². The van der Waals surface area contributed by atoms with Crippen molar-refractivity contribution in [3.8, 4) is 0 Å². The molecule has 1 N–H and O–H groups in total. The standard InChI is InChI=1S/C18H25N3O2S/c1-2-21-14-10-7-11-19-17(14)24-15(18(21)23)12-16(22)20-13-8-5-3-4-6-9-13/h7,10-11,13,15H,2-6,8-9,12H2,1H3,(H,20,22)/t15-/m0/s1. The van der Waals surface area contributed by atoms with E-state index in [1.165, 1.54) is 37.4 Å². The average molecular weight is 347 g/mol. The minimum absolute atomic E-state index is 0.0109. The molecule has 1 fully saturated rings. The normalized spacial score (nSPS) is 22.0. The summed E-state index contributed by atoms with van der Waals surface area (Å²) >= 11 is 1.42. The van der Waals surface area contributed by atoms with E-state index in [9.17, 15) is 9.59 Å². The van der Waals surface area contributed by atoms with E-state index < -0.39 is 0 Å². The Balaban J connectivity index is 1.64. The zero-order valence-electron chi connectivity index (χ0n) is 14.2. The van der Waals surface area contributed by atoms with Crippen LogP contribution in [-0.4, -0.2) is 34.6 Å². The lowest BCUT2D eigenvalue weighted by molar-refractivity contribution is -0.125. The van der Waals surface area contributed by atoms with E-state index in [0.717, 1.165) is 23.6 Å². The number of rotatable bonds is 4. The molecule has 2 heterocycles. The molecule has 0 spiro atoms. The Morgan fingerprint density at radius 3 is 2.79 bits per heavy atom. The van der Waals surface area contributed by atoms with Gasteiger partial charge in [0.05, 0.1) is 10.9 Å². The van der Waals surface area contributed by atoms with Gasteiger partial charge in [0.15, 0.2) is 0 Å². The first-order valence-corrected chi connectivity index (χ1v) is 9.79. The van der Waals surface area contributed by atoms with Crippen LogP contribution in [0.4, 0.5) is 5.69 Å². The van der Waals surface area contributed by atoms with E-state index in [0.29, 0.717) is 6.54 Å². The number of hydrogen-bond donors (Lipinski definition) is 1. The van der Waals surface area contributed by atoms with Gasteiger partial charge in [-0.3, -0.25) is 9.59 Å². The van der Waals surface area contributed by atoms with Crippen molar-refractivity contribution >= 4 is 29.3 Å². The van der Waals surface area contributed by atoms with Crippen molar-refractivity contribution in [1.82, 2.24) is 10.3 Å². The van der Waals surface area contributed by atoms with Crippen LogP contribution in [0, 0.1) is 0 Å². The highest BCUT2D eigenvalue weighted by Crippen LogP contribution is 2.38. The quantitative estimate of drug-likeness (QED) is 0.850. The van der Waals surface area contributed by atoms with Gasteiger partial charge in [-0.25, -0.2) is 4.98 Å². The number of carbonyl (C=O) groups is 2. The maximum atomic E-state index is 12.7. The SMILES string of the molecule is CCN1C(=O)[C@H](CC(=O)NC2CCCCCC2)Sc2ncccc21. The summed E-state index contributed by atoms with van der Waals surface area (Å²) in [6, 6.07) is 4.03. The van der Waals surface area contributed by atoms with Gasteiger partial charge in [-0.05, 0) is 31.9 Å². The van der Waals surface area contributed by atoms with Crippen molar-refractivity contribution in [2.45, 2.75) is 68.2 Å². The summed E-state index contributed by atoms with van der Waals surface area (Å²) in [5.74, 6) is 0.00204. The number of aromatic nitrogens is 1. The number of carbonyl (C=O) groups excluding carboxylic acids is 2. The first-order chi connectivity index (χ1) is 11.7. The first kappa shape index (κ1) is 17.3. The van der Waals surface area contributed by atoms with E-state index in [4.69, 9.17) is 0 Å². The van der Waals surface area contributed by atoms with Crippen molar-refractivity contribution in [2.75, 3.05) is 11.4 Å². The van der Waals surface area contributed by atoms with Gasteiger partial charge in [0.2, 0.25) is 11.8 Å². The smallest absolute Gasteiger partial charge is 0.241 e. The Hall–Kier alpha value is -1.56. The van der Waals surface area contributed by atoms with Gasteiger partial charge >= 0.3 is 0 Å². The predicted molar refractivity (Wildman–Crippen MR) is 96.2 cm³/mol. The molecule has 0 unspecified atom stereocenters. The molecule has 1 aromatic rings. The maximum Gasteiger partial charge on any atom is 0.241 e. The van der Waals surface area contributed by atoms with E-state index in [1.807, 2.05) is 19.1 Å². The second-order valence-electron chi connectivity index (χ2n) is 6.48. The molecular formula is C18H25N3O2S. The van der Waals surface area contributed by atoms with Crippen molar-refractivity contribution in [2.24, 2.45) is 0 Å². The lowest BCUT2D eigenvalue weighted by Gasteiger charge is -2.32. The van der Waals surface area contributed by atoms with Crippen LogP contribution in [0.2, 0.25) is 0 Å². The Bertz CT molecular complexity index is 600. The number of thioether (sulfide) groups is 1. The molecule has 2 aliphatic rings. The molecule has 1 atom stereocenters. The number of anilines is 1. The fourth-order valence-electron chi connectivity index (χ4n) is 3.49. The summed E-state index contributed by atoms with van der Waals surface area (Å²) in [5, 5.41) is 3.60. The molecule has 0 bridgehead atoms. The molecule has 0 saturated heterocycles. The van der Waals surface area contributed by atoms with E-state index in [2.05, 4.69) is 10.3 Å².